The van der Waals surface area contributed by atoms with Crippen molar-refractivity contribution in [3.8, 4) is 0 Å². The van der Waals surface area contributed by atoms with E-state index in [1.54, 1.807) is 6.07 Å². The number of nitrogens with zero attached hydrogens (tertiary/aromatic N) is 3. The summed E-state index contributed by atoms with van der Waals surface area (Å²) in [5, 5.41) is 0.346. The van der Waals surface area contributed by atoms with Crippen molar-refractivity contribution in [3.05, 3.63) is 46.8 Å². The van der Waals surface area contributed by atoms with Crippen LogP contribution >= 0.6 is 11.6 Å². The molecule has 0 aliphatic rings. The molecule has 6 heteroatoms. The first kappa shape index (κ1) is 10.8. The standard InChI is InChI=1S/C10H8ClFN4/c11-8-4-7(12)2-1-6(8)3-9-14-5-15-10(13)16-9/h1-2,4-5H,3H2,(H2,13,14,15,16). The number of benzene rings is 1. The molecule has 0 bridgehead atoms. The third-order valence-electron chi connectivity index (χ3n) is 2.00. The van der Waals surface area contributed by atoms with Crippen molar-refractivity contribution < 1.29 is 4.39 Å². The van der Waals surface area contributed by atoms with Crippen molar-refractivity contribution in [3.63, 3.8) is 0 Å². The molecule has 0 fully saturated rings. The van der Waals surface area contributed by atoms with Crippen LogP contribution < -0.4 is 5.73 Å². The lowest BCUT2D eigenvalue weighted by Gasteiger charge is -2.03. The lowest BCUT2D eigenvalue weighted by molar-refractivity contribution is 0.627. The van der Waals surface area contributed by atoms with E-state index in [4.69, 9.17) is 17.3 Å². The van der Waals surface area contributed by atoms with E-state index in [1.807, 2.05) is 0 Å². The van der Waals surface area contributed by atoms with E-state index >= 15 is 0 Å². The van der Waals surface area contributed by atoms with Crippen molar-refractivity contribution in [2.75, 3.05) is 5.73 Å². The third kappa shape index (κ3) is 2.43. The molecule has 1 aromatic heterocycles. The fraction of sp³-hybridized carbons (Fsp3) is 0.100. The Morgan fingerprint density at radius 3 is 2.81 bits per heavy atom. The first-order valence-corrected chi connectivity index (χ1v) is 4.90. The van der Waals surface area contributed by atoms with Crippen LogP contribution in [0.25, 0.3) is 0 Å². The van der Waals surface area contributed by atoms with Crippen molar-refractivity contribution in [2.24, 2.45) is 0 Å². The van der Waals surface area contributed by atoms with E-state index in [0.29, 0.717) is 17.3 Å². The zero-order valence-corrected chi connectivity index (χ0v) is 8.95. The average molecular weight is 239 g/mol. The number of halogens is 2. The molecule has 1 aromatic carbocycles. The average Bonchev–Trinajstić information content (AvgIpc) is 2.22. The lowest BCUT2D eigenvalue weighted by Crippen LogP contribution is -2.02. The molecule has 0 spiro atoms. The van der Waals surface area contributed by atoms with Gasteiger partial charge in [-0.15, -0.1) is 0 Å². The van der Waals surface area contributed by atoms with Gasteiger partial charge in [-0.2, -0.15) is 4.98 Å². The van der Waals surface area contributed by atoms with Crippen LogP contribution in [0.1, 0.15) is 11.4 Å². The van der Waals surface area contributed by atoms with E-state index in [2.05, 4.69) is 15.0 Å². The highest BCUT2D eigenvalue weighted by atomic mass is 35.5. The monoisotopic (exact) mass is 238 g/mol. The number of nitrogen functional groups attached to an aromatic ring is 1. The van der Waals surface area contributed by atoms with Crippen molar-refractivity contribution >= 4 is 17.5 Å². The SMILES string of the molecule is Nc1ncnc(Cc2ccc(F)cc2Cl)n1. The Bertz CT molecular complexity index is 518. The Morgan fingerprint density at radius 2 is 2.12 bits per heavy atom. The molecule has 0 saturated heterocycles. The molecule has 82 valence electrons. The van der Waals surface area contributed by atoms with Gasteiger partial charge >= 0.3 is 0 Å². The van der Waals surface area contributed by atoms with Crippen LogP contribution in [0.2, 0.25) is 5.02 Å². The van der Waals surface area contributed by atoms with Crippen LogP contribution in [0, 0.1) is 5.82 Å². The Hall–Kier alpha value is -1.75. The molecule has 0 amide bonds. The van der Waals surface area contributed by atoms with Crippen LogP contribution in [-0.4, -0.2) is 15.0 Å². The molecule has 16 heavy (non-hydrogen) atoms. The Kier molecular flexibility index (Phi) is 2.96. The number of hydrogen-bond acceptors (Lipinski definition) is 4. The summed E-state index contributed by atoms with van der Waals surface area (Å²) in [7, 11) is 0. The molecule has 0 unspecified atom stereocenters. The van der Waals surface area contributed by atoms with Gasteiger partial charge in [-0.05, 0) is 17.7 Å². The van der Waals surface area contributed by atoms with Crippen LogP contribution in [0.15, 0.2) is 24.5 Å². The molecule has 1 heterocycles. The van der Waals surface area contributed by atoms with Gasteiger partial charge in [0.05, 0.1) is 0 Å². The zero-order valence-electron chi connectivity index (χ0n) is 8.19. The van der Waals surface area contributed by atoms with Crippen LogP contribution in [0.5, 0.6) is 0 Å². The van der Waals surface area contributed by atoms with Gasteiger partial charge in [-0.3, -0.25) is 0 Å². The highest BCUT2D eigenvalue weighted by Crippen LogP contribution is 2.19. The second kappa shape index (κ2) is 4.40. The van der Waals surface area contributed by atoms with Gasteiger partial charge in [-0.25, -0.2) is 14.4 Å². The molecule has 0 radical (unpaired) electrons. The fourth-order valence-corrected chi connectivity index (χ4v) is 1.50. The highest BCUT2D eigenvalue weighted by molar-refractivity contribution is 6.31. The van der Waals surface area contributed by atoms with Gasteiger partial charge in [0, 0.05) is 11.4 Å². The Morgan fingerprint density at radius 1 is 1.31 bits per heavy atom. The Balaban J connectivity index is 2.27. The minimum absolute atomic E-state index is 0.156. The van der Waals surface area contributed by atoms with Crippen LogP contribution in [0.3, 0.4) is 0 Å². The number of hydrogen-bond donors (Lipinski definition) is 1. The maximum atomic E-state index is 12.8. The first-order valence-electron chi connectivity index (χ1n) is 4.52. The van der Waals surface area contributed by atoms with E-state index in [9.17, 15) is 4.39 Å². The second-order valence-electron chi connectivity index (χ2n) is 3.17. The summed E-state index contributed by atoms with van der Waals surface area (Å²) in [6, 6.07) is 4.19. The van der Waals surface area contributed by atoms with Gasteiger partial charge in [0.25, 0.3) is 0 Å². The minimum atomic E-state index is -0.371. The van der Waals surface area contributed by atoms with Gasteiger partial charge in [0.1, 0.15) is 18.0 Å². The van der Waals surface area contributed by atoms with E-state index in [-0.39, 0.29) is 11.8 Å². The largest absolute Gasteiger partial charge is 0.368 e. The summed E-state index contributed by atoms with van der Waals surface area (Å²) in [6.07, 6.45) is 1.72. The van der Waals surface area contributed by atoms with Crippen molar-refractivity contribution in [2.45, 2.75) is 6.42 Å². The molecular weight excluding hydrogens is 231 g/mol. The summed E-state index contributed by atoms with van der Waals surface area (Å²) in [5.41, 5.74) is 6.16. The second-order valence-corrected chi connectivity index (χ2v) is 3.58. The quantitative estimate of drug-likeness (QED) is 0.867. The van der Waals surface area contributed by atoms with Crippen LogP contribution in [-0.2, 0) is 6.42 Å². The summed E-state index contributed by atoms with van der Waals surface area (Å²) < 4.78 is 12.8. The van der Waals surface area contributed by atoms with Crippen LogP contribution in [0.4, 0.5) is 10.3 Å². The lowest BCUT2D eigenvalue weighted by atomic mass is 10.1. The minimum Gasteiger partial charge on any atom is -0.368 e. The Labute approximate surface area is 96.3 Å². The number of rotatable bonds is 2. The summed E-state index contributed by atoms with van der Waals surface area (Å²) in [5.74, 6) is 0.285. The summed E-state index contributed by atoms with van der Waals surface area (Å²) >= 11 is 5.88. The number of aromatic nitrogens is 3. The molecule has 2 rings (SSSR count). The molecule has 2 aromatic rings. The van der Waals surface area contributed by atoms with Gasteiger partial charge in [0.15, 0.2) is 0 Å². The molecule has 0 atom stereocenters. The zero-order chi connectivity index (χ0) is 11.5. The highest BCUT2D eigenvalue weighted by Gasteiger charge is 2.05. The normalized spacial score (nSPS) is 10.4. The predicted octanol–water partition coefficient (Wildman–Crippen LogP) is 1.84. The topological polar surface area (TPSA) is 64.7 Å². The molecule has 2 N–H and O–H groups in total. The van der Waals surface area contributed by atoms with Gasteiger partial charge in [-0.1, -0.05) is 17.7 Å². The first-order chi connectivity index (χ1) is 7.65. The molecule has 0 aliphatic heterocycles. The summed E-state index contributed by atoms with van der Waals surface area (Å²) in [4.78, 5) is 11.6. The maximum Gasteiger partial charge on any atom is 0.223 e. The molecule has 0 aliphatic carbocycles. The van der Waals surface area contributed by atoms with Gasteiger partial charge < -0.3 is 5.73 Å². The van der Waals surface area contributed by atoms with Gasteiger partial charge in [0.2, 0.25) is 5.95 Å². The molecule has 4 nitrogen and oxygen atoms in total. The van der Waals surface area contributed by atoms with Crippen molar-refractivity contribution in [1.82, 2.24) is 15.0 Å². The van der Waals surface area contributed by atoms with E-state index in [0.717, 1.165) is 5.56 Å². The molecule has 0 saturated carbocycles. The fourth-order valence-electron chi connectivity index (χ4n) is 1.27. The van der Waals surface area contributed by atoms with Crippen molar-refractivity contribution in [1.29, 1.82) is 0 Å². The summed E-state index contributed by atoms with van der Waals surface area (Å²) in [6.45, 7) is 0. The molecular formula is C10H8ClFN4. The smallest absolute Gasteiger partial charge is 0.223 e. The maximum absolute atomic E-state index is 12.8. The van der Waals surface area contributed by atoms with E-state index in [1.165, 1.54) is 18.5 Å². The third-order valence-corrected chi connectivity index (χ3v) is 2.36. The number of nitrogens with two attached hydrogens (primary N) is 1. The number of anilines is 1. The predicted molar refractivity (Wildman–Crippen MR) is 58.5 cm³/mol. The van der Waals surface area contributed by atoms with E-state index < -0.39 is 0 Å².